The van der Waals surface area contributed by atoms with Crippen LogP contribution in [-0.4, -0.2) is 46.8 Å². The summed E-state index contributed by atoms with van der Waals surface area (Å²) >= 11 is 0. The van der Waals surface area contributed by atoms with Crippen LogP contribution in [0.1, 0.15) is 25.1 Å². The Kier molecular flexibility index (Phi) is 5.27. The maximum Gasteiger partial charge on any atom is 0.323 e. The summed E-state index contributed by atoms with van der Waals surface area (Å²) in [6.45, 7) is 3.00. The van der Waals surface area contributed by atoms with E-state index in [-0.39, 0.29) is 41.8 Å². The Hall–Kier alpha value is -2.51. The van der Waals surface area contributed by atoms with Gasteiger partial charge in [-0.15, -0.1) is 0 Å². The Morgan fingerprint density at radius 3 is 2.59 bits per heavy atom. The number of likely N-dealkylation sites (tertiary alicyclic amines) is 1. The highest BCUT2D eigenvalue weighted by Gasteiger charge is 2.55. The van der Waals surface area contributed by atoms with Crippen molar-refractivity contribution < 1.29 is 19.0 Å². The maximum atomic E-state index is 13.3. The van der Waals surface area contributed by atoms with Crippen LogP contribution in [0.3, 0.4) is 0 Å². The van der Waals surface area contributed by atoms with E-state index < -0.39 is 6.04 Å². The predicted octanol–water partition coefficient (Wildman–Crippen LogP) is 2.20. The molecule has 2 aromatic rings. The molecule has 0 radical (unpaired) electrons. The fourth-order valence-electron chi connectivity index (χ4n) is 5.06. The number of carbonyl (C=O) groups is 1. The van der Waals surface area contributed by atoms with E-state index in [1.807, 2.05) is 13.0 Å². The van der Waals surface area contributed by atoms with Gasteiger partial charge in [0, 0.05) is 36.2 Å². The SMILES string of the molecule is CCCN1[C@@H]2c3ccc(-c4ccc(F)cc4)c(=O)n3C[C@@H]2[C@@H](CO)[C@@H]1C(=O)OC. The highest BCUT2D eigenvalue weighted by atomic mass is 19.1. The number of aliphatic hydroxyl groups excluding tert-OH is 1. The Labute approximate surface area is 168 Å². The van der Waals surface area contributed by atoms with Crippen molar-refractivity contribution in [1.29, 1.82) is 0 Å². The van der Waals surface area contributed by atoms with Crippen LogP contribution in [0.15, 0.2) is 41.2 Å². The topological polar surface area (TPSA) is 71.8 Å². The largest absolute Gasteiger partial charge is 0.468 e. The fraction of sp³-hybridized carbons (Fsp3) is 0.455. The third-order valence-corrected chi connectivity index (χ3v) is 6.27. The normalized spacial score (nSPS) is 25.7. The molecule has 4 rings (SSSR count). The molecule has 29 heavy (non-hydrogen) atoms. The molecule has 1 saturated heterocycles. The van der Waals surface area contributed by atoms with E-state index in [1.165, 1.54) is 19.2 Å². The van der Waals surface area contributed by atoms with Crippen molar-refractivity contribution in [3.05, 3.63) is 58.3 Å². The van der Waals surface area contributed by atoms with Gasteiger partial charge in [0.1, 0.15) is 11.9 Å². The number of esters is 1. The van der Waals surface area contributed by atoms with Crippen molar-refractivity contribution in [2.24, 2.45) is 11.8 Å². The number of aliphatic hydroxyl groups is 1. The van der Waals surface area contributed by atoms with Crippen LogP contribution >= 0.6 is 0 Å². The number of halogens is 1. The third kappa shape index (κ3) is 3.09. The van der Waals surface area contributed by atoms with Gasteiger partial charge in [-0.05, 0) is 42.8 Å². The second-order valence-corrected chi connectivity index (χ2v) is 7.76. The first-order valence-electron chi connectivity index (χ1n) is 9.95. The van der Waals surface area contributed by atoms with E-state index in [2.05, 4.69) is 4.90 Å². The highest BCUT2D eigenvalue weighted by Crippen LogP contribution is 2.49. The van der Waals surface area contributed by atoms with Gasteiger partial charge in [0.2, 0.25) is 0 Å². The molecule has 1 aromatic carbocycles. The molecule has 1 aromatic heterocycles. The molecule has 1 N–H and O–H groups in total. The zero-order valence-electron chi connectivity index (χ0n) is 16.5. The van der Waals surface area contributed by atoms with E-state index in [1.54, 1.807) is 22.8 Å². The van der Waals surface area contributed by atoms with Gasteiger partial charge in [0.15, 0.2) is 0 Å². The van der Waals surface area contributed by atoms with Crippen LogP contribution in [0.5, 0.6) is 0 Å². The van der Waals surface area contributed by atoms with Crippen molar-refractivity contribution >= 4 is 5.97 Å². The zero-order valence-corrected chi connectivity index (χ0v) is 16.5. The number of carbonyl (C=O) groups excluding carboxylic acids is 1. The third-order valence-electron chi connectivity index (χ3n) is 6.27. The summed E-state index contributed by atoms with van der Waals surface area (Å²) in [4.78, 5) is 27.8. The van der Waals surface area contributed by atoms with Gasteiger partial charge in [-0.25, -0.2) is 4.39 Å². The van der Waals surface area contributed by atoms with Crippen molar-refractivity contribution in [1.82, 2.24) is 9.47 Å². The van der Waals surface area contributed by atoms with Gasteiger partial charge >= 0.3 is 5.97 Å². The summed E-state index contributed by atoms with van der Waals surface area (Å²) in [7, 11) is 1.36. The lowest BCUT2D eigenvalue weighted by molar-refractivity contribution is -0.148. The van der Waals surface area contributed by atoms with Gasteiger partial charge in [-0.1, -0.05) is 19.1 Å². The molecule has 0 saturated carbocycles. The summed E-state index contributed by atoms with van der Waals surface area (Å²) in [5.74, 6) is -1.04. The van der Waals surface area contributed by atoms with Crippen LogP contribution in [-0.2, 0) is 16.1 Å². The Bertz CT molecular complexity index is 972. The molecule has 6 nitrogen and oxygen atoms in total. The van der Waals surface area contributed by atoms with Crippen molar-refractivity contribution in [2.45, 2.75) is 32.0 Å². The molecule has 2 aliphatic rings. The monoisotopic (exact) mass is 400 g/mol. The van der Waals surface area contributed by atoms with E-state index in [0.29, 0.717) is 24.2 Å². The number of hydrogen-bond donors (Lipinski definition) is 1. The zero-order chi connectivity index (χ0) is 20.7. The number of pyridine rings is 1. The molecule has 0 amide bonds. The molecular formula is C22H25FN2O4. The molecule has 0 bridgehead atoms. The van der Waals surface area contributed by atoms with Gasteiger partial charge in [-0.2, -0.15) is 0 Å². The molecular weight excluding hydrogens is 375 g/mol. The van der Waals surface area contributed by atoms with Crippen molar-refractivity contribution in [3.8, 4) is 11.1 Å². The minimum Gasteiger partial charge on any atom is -0.468 e. The first kappa shape index (κ1) is 19.8. The van der Waals surface area contributed by atoms with E-state index in [4.69, 9.17) is 4.74 Å². The summed E-state index contributed by atoms with van der Waals surface area (Å²) in [5.41, 5.74) is 1.90. The van der Waals surface area contributed by atoms with Gasteiger partial charge < -0.3 is 14.4 Å². The molecule has 1 fully saturated rings. The Balaban J connectivity index is 1.78. The molecule has 7 heteroatoms. The standard InChI is InChI=1S/C22H25FN2O4/c1-3-10-24-19-16(17(12-26)20(24)22(28)29-2)11-25-18(19)9-8-15(21(25)27)13-4-6-14(23)7-5-13/h4-9,16-17,19-20,26H,3,10-12H2,1-2H3/t16-,17-,19+,20-/m1/s1. The van der Waals surface area contributed by atoms with Crippen LogP contribution in [0.25, 0.3) is 11.1 Å². The number of rotatable bonds is 5. The van der Waals surface area contributed by atoms with Gasteiger partial charge in [0.05, 0.1) is 13.2 Å². The molecule has 154 valence electrons. The molecule has 0 spiro atoms. The molecule has 4 atom stereocenters. The molecule has 2 aliphatic heterocycles. The Morgan fingerprint density at radius 1 is 1.24 bits per heavy atom. The van der Waals surface area contributed by atoms with Crippen LogP contribution in [0, 0.1) is 17.7 Å². The van der Waals surface area contributed by atoms with Gasteiger partial charge in [-0.3, -0.25) is 14.5 Å². The maximum absolute atomic E-state index is 13.3. The van der Waals surface area contributed by atoms with E-state index in [9.17, 15) is 19.1 Å². The first-order chi connectivity index (χ1) is 14.0. The summed E-state index contributed by atoms with van der Waals surface area (Å²) in [5, 5.41) is 10.1. The number of benzene rings is 1. The van der Waals surface area contributed by atoms with Crippen molar-refractivity contribution in [2.75, 3.05) is 20.3 Å². The van der Waals surface area contributed by atoms with Crippen LogP contribution < -0.4 is 5.56 Å². The van der Waals surface area contributed by atoms with Gasteiger partial charge in [0.25, 0.3) is 5.56 Å². The van der Waals surface area contributed by atoms with E-state index in [0.717, 1.165) is 12.1 Å². The summed E-state index contributed by atoms with van der Waals surface area (Å²) in [6.07, 6.45) is 0.840. The average molecular weight is 400 g/mol. The molecule has 0 unspecified atom stereocenters. The smallest absolute Gasteiger partial charge is 0.323 e. The number of fused-ring (bicyclic) bond motifs is 3. The van der Waals surface area contributed by atoms with Crippen molar-refractivity contribution in [3.63, 3.8) is 0 Å². The lowest BCUT2D eigenvalue weighted by atomic mass is 9.88. The summed E-state index contributed by atoms with van der Waals surface area (Å²) in [6, 6.07) is 8.94. The number of aromatic nitrogens is 1. The second kappa shape index (κ2) is 7.72. The number of ether oxygens (including phenoxy) is 1. The lowest BCUT2D eigenvalue weighted by Gasteiger charge is -2.29. The first-order valence-corrected chi connectivity index (χ1v) is 9.95. The number of hydrogen-bond acceptors (Lipinski definition) is 5. The minimum atomic E-state index is -0.513. The van der Waals surface area contributed by atoms with Crippen LogP contribution in [0.2, 0.25) is 0 Å². The lowest BCUT2D eigenvalue weighted by Crippen LogP contribution is -2.43. The fourth-order valence-corrected chi connectivity index (χ4v) is 5.06. The molecule has 3 heterocycles. The predicted molar refractivity (Wildman–Crippen MR) is 106 cm³/mol. The molecule has 0 aliphatic carbocycles. The minimum absolute atomic E-state index is 0.0492. The number of methoxy groups -OCH3 is 1. The highest BCUT2D eigenvalue weighted by molar-refractivity contribution is 5.77. The Morgan fingerprint density at radius 2 is 1.97 bits per heavy atom. The average Bonchev–Trinajstić information content (AvgIpc) is 3.24. The summed E-state index contributed by atoms with van der Waals surface area (Å²) < 4.78 is 20.0. The quantitative estimate of drug-likeness (QED) is 0.779. The number of nitrogens with zero attached hydrogens (tertiary/aromatic N) is 2. The van der Waals surface area contributed by atoms with E-state index >= 15 is 0 Å². The van der Waals surface area contributed by atoms with Crippen LogP contribution in [0.4, 0.5) is 4.39 Å². The second-order valence-electron chi connectivity index (χ2n) is 7.76.